The first-order valence-electron chi connectivity index (χ1n) is 6.44. The molecule has 3 N–H and O–H groups in total. The van der Waals surface area contributed by atoms with Crippen molar-refractivity contribution < 1.29 is 9.53 Å². The Morgan fingerprint density at radius 2 is 2.21 bits per heavy atom. The Bertz CT molecular complexity index is 423. The van der Waals surface area contributed by atoms with E-state index in [1.165, 1.54) is 0 Å². The zero-order valence-electron chi connectivity index (χ0n) is 11.8. The summed E-state index contributed by atoms with van der Waals surface area (Å²) >= 11 is 0. The SMILES string of the molecule is CCOCCN(CC)C(=O)c1cc(C)nc(NN)c1. The number of amides is 1. The molecule has 0 fully saturated rings. The normalized spacial score (nSPS) is 10.3. The quantitative estimate of drug-likeness (QED) is 0.440. The first-order chi connectivity index (χ1) is 9.12. The summed E-state index contributed by atoms with van der Waals surface area (Å²) in [4.78, 5) is 18.3. The van der Waals surface area contributed by atoms with E-state index in [1.807, 2.05) is 20.8 Å². The second-order valence-electron chi connectivity index (χ2n) is 4.11. The number of ether oxygens (including phenoxy) is 1. The third kappa shape index (κ3) is 4.50. The van der Waals surface area contributed by atoms with E-state index in [0.717, 1.165) is 5.69 Å². The molecule has 1 aromatic heterocycles. The van der Waals surface area contributed by atoms with Crippen LogP contribution in [-0.4, -0.2) is 42.1 Å². The van der Waals surface area contributed by atoms with Crippen molar-refractivity contribution in [2.75, 3.05) is 31.7 Å². The van der Waals surface area contributed by atoms with Crippen molar-refractivity contribution in [2.24, 2.45) is 5.84 Å². The largest absolute Gasteiger partial charge is 0.380 e. The van der Waals surface area contributed by atoms with Gasteiger partial charge in [0, 0.05) is 31.0 Å². The van der Waals surface area contributed by atoms with Crippen LogP contribution in [0.1, 0.15) is 29.9 Å². The predicted octanol–water partition coefficient (Wildman–Crippen LogP) is 1.17. The first kappa shape index (κ1) is 15.4. The second kappa shape index (κ2) is 7.70. The smallest absolute Gasteiger partial charge is 0.254 e. The maximum absolute atomic E-state index is 12.4. The summed E-state index contributed by atoms with van der Waals surface area (Å²) in [6.07, 6.45) is 0. The van der Waals surface area contributed by atoms with E-state index in [9.17, 15) is 4.79 Å². The van der Waals surface area contributed by atoms with Crippen LogP contribution in [-0.2, 0) is 4.74 Å². The van der Waals surface area contributed by atoms with Crippen molar-refractivity contribution in [3.63, 3.8) is 0 Å². The van der Waals surface area contributed by atoms with Crippen LogP contribution < -0.4 is 11.3 Å². The van der Waals surface area contributed by atoms with E-state index in [0.29, 0.717) is 37.7 Å². The fourth-order valence-electron chi connectivity index (χ4n) is 1.77. The van der Waals surface area contributed by atoms with Gasteiger partial charge < -0.3 is 15.1 Å². The molecule has 1 rings (SSSR count). The predicted molar refractivity (Wildman–Crippen MR) is 74.9 cm³/mol. The molecular formula is C13H22N4O2. The van der Waals surface area contributed by atoms with Crippen LogP contribution in [0.5, 0.6) is 0 Å². The Morgan fingerprint density at radius 1 is 1.47 bits per heavy atom. The van der Waals surface area contributed by atoms with Gasteiger partial charge in [0.1, 0.15) is 5.82 Å². The van der Waals surface area contributed by atoms with Crippen LogP contribution in [0.25, 0.3) is 0 Å². The Balaban J connectivity index is 2.81. The summed E-state index contributed by atoms with van der Waals surface area (Å²) in [7, 11) is 0. The van der Waals surface area contributed by atoms with Gasteiger partial charge in [-0.1, -0.05) is 0 Å². The fourth-order valence-corrected chi connectivity index (χ4v) is 1.77. The minimum atomic E-state index is -0.0378. The molecule has 0 atom stereocenters. The van der Waals surface area contributed by atoms with Gasteiger partial charge in [-0.25, -0.2) is 10.8 Å². The lowest BCUT2D eigenvalue weighted by Crippen LogP contribution is -2.34. The molecule has 0 aliphatic rings. The average Bonchev–Trinajstić information content (AvgIpc) is 2.42. The van der Waals surface area contributed by atoms with Gasteiger partial charge >= 0.3 is 0 Å². The third-order valence-electron chi connectivity index (χ3n) is 2.73. The monoisotopic (exact) mass is 266 g/mol. The summed E-state index contributed by atoms with van der Waals surface area (Å²) in [5.74, 6) is 5.79. The number of hydrogen-bond acceptors (Lipinski definition) is 5. The van der Waals surface area contributed by atoms with Gasteiger partial charge in [0.05, 0.1) is 6.61 Å². The zero-order chi connectivity index (χ0) is 14.3. The van der Waals surface area contributed by atoms with Crippen molar-refractivity contribution in [3.8, 4) is 0 Å². The number of hydrazine groups is 1. The minimum absolute atomic E-state index is 0.0378. The van der Waals surface area contributed by atoms with Crippen LogP contribution >= 0.6 is 0 Å². The molecule has 6 heteroatoms. The standard InChI is InChI=1S/C13H22N4O2/c1-4-17(6-7-19-5-2)13(18)11-8-10(3)15-12(9-11)16-14/h8-9H,4-7,14H2,1-3H3,(H,15,16). The summed E-state index contributed by atoms with van der Waals surface area (Å²) in [6, 6.07) is 3.41. The molecule has 0 saturated heterocycles. The number of pyridine rings is 1. The number of nitrogen functional groups attached to an aromatic ring is 1. The third-order valence-corrected chi connectivity index (χ3v) is 2.73. The zero-order valence-corrected chi connectivity index (χ0v) is 11.8. The lowest BCUT2D eigenvalue weighted by Gasteiger charge is -2.21. The number of nitrogens with zero attached hydrogens (tertiary/aromatic N) is 2. The highest BCUT2D eigenvalue weighted by Gasteiger charge is 2.15. The molecule has 0 aliphatic heterocycles. The highest BCUT2D eigenvalue weighted by Crippen LogP contribution is 2.11. The number of rotatable bonds is 7. The number of anilines is 1. The van der Waals surface area contributed by atoms with Crippen molar-refractivity contribution in [1.29, 1.82) is 0 Å². The fraction of sp³-hybridized carbons (Fsp3) is 0.538. The van der Waals surface area contributed by atoms with E-state index < -0.39 is 0 Å². The lowest BCUT2D eigenvalue weighted by atomic mass is 10.2. The molecule has 0 radical (unpaired) electrons. The van der Waals surface area contributed by atoms with Crippen LogP contribution in [0.3, 0.4) is 0 Å². The first-order valence-corrected chi connectivity index (χ1v) is 6.44. The number of nitrogens with two attached hydrogens (primary N) is 1. The summed E-state index contributed by atoms with van der Waals surface area (Å²) in [6.45, 7) is 8.12. The van der Waals surface area contributed by atoms with Crippen molar-refractivity contribution in [1.82, 2.24) is 9.88 Å². The number of nitrogens with one attached hydrogen (secondary N) is 1. The Hall–Kier alpha value is -1.66. The average molecular weight is 266 g/mol. The van der Waals surface area contributed by atoms with Crippen LogP contribution in [0, 0.1) is 6.92 Å². The molecule has 1 heterocycles. The van der Waals surface area contributed by atoms with Crippen molar-refractivity contribution >= 4 is 11.7 Å². The van der Waals surface area contributed by atoms with E-state index in [4.69, 9.17) is 10.6 Å². The molecule has 0 spiro atoms. The van der Waals surface area contributed by atoms with E-state index in [-0.39, 0.29) is 5.91 Å². The number of aryl methyl sites for hydroxylation is 1. The molecule has 1 aromatic rings. The van der Waals surface area contributed by atoms with Gasteiger partial charge in [0.15, 0.2) is 0 Å². The van der Waals surface area contributed by atoms with Crippen LogP contribution in [0.4, 0.5) is 5.82 Å². The Labute approximate surface area is 113 Å². The van der Waals surface area contributed by atoms with E-state index >= 15 is 0 Å². The number of hydrogen-bond donors (Lipinski definition) is 2. The molecule has 0 saturated carbocycles. The van der Waals surface area contributed by atoms with Crippen molar-refractivity contribution in [3.05, 3.63) is 23.4 Å². The van der Waals surface area contributed by atoms with Crippen LogP contribution in [0.2, 0.25) is 0 Å². The number of carbonyl (C=O) groups excluding carboxylic acids is 1. The molecule has 0 unspecified atom stereocenters. The molecular weight excluding hydrogens is 244 g/mol. The van der Waals surface area contributed by atoms with Gasteiger partial charge in [-0.3, -0.25) is 4.79 Å². The number of aromatic nitrogens is 1. The molecule has 1 amide bonds. The van der Waals surface area contributed by atoms with E-state index in [1.54, 1.807) is 17.0 Å². The topological polar surface area (TPSA) is 80.5 Å². The lowest BCUT2D eigenvalue weighted by molar-refractivity contribution is 0.0669. The minimum Gasteiger partial charge on any atom is -0.380 e. The maximum Gasteiger partial charge on any atom is 0.254 e. The van der Waals surface area contributed by atoms with E-state index in [2.05, 4.69) is 10.4 Å². The molecule has 19 heavy (non-hydrogen) atoms. The summed E-state index contributed by atoms with van der Waals surface area (Å²) in [5.41, 5.74) is 3.80. The molecule has 0 aliphatic carbocycles. The second-order valence-corrected chi connectivity index (χ2v) is 4.11. The van der Waals surface area contributed by atoms with Gasteiger partial charge in [0.25, 0.3) is 5.91 Å². The molecule has 6 nitrogen and oxygen atoms in total. The van der Waals surface area contributed by atoms with Gasteiger partial charge in [-0.2, -0.15) is 0 Å². The van der Waals surface area contributed by atoms with Gasteiger partial charge in [-0.05, 0) is 32.9 Å². The van der Waals surface area contributed by atoms with Gasteiger partial charge in [-0.15, -0.1) is 0 Å². The number of carbonyl (C=O) groups is 1. The van der Waals surface area contributed by atoms with Crippen LogP contribution in [0.15, 0.2) is 12.1 Å². The highest BCUT2D eigenvalue weighted by atomic mass is 16.5. The summed E-state index contributed by atoms with van der Waals surface area (Å²) < 4.78 is 5.28. The van der Waals surface area contributed by atoms with Crippen molar-refractivity contribution in [2.45, 2.75) is 20.8 Å². The maximum atomic E-state index is 12.4. The summed E-state index contributed by atoms with van der Waals surface area (Å²) in [5, 5.41) is 0. The molecule has 0 bridgehead atoms. The highest BCUT2D eigenvalue weighted by molar-refractivity contribution is 5.95. The molecule has 106 valence electrons. The van der Waals surface area contributed by atoms with Gasteiger partial charge in [0.2, 0.25) is 0 Å². The molecule has 0 aromatic carbocycles. The number of likely N-dealkylation sites (N-methyl/N-ethyl adjacent to an activating group) is 1. The Morgan fingerprint density at radius 3 is 2.79 bits per heavy atom. The Kier molecular flexibility index (Phi) is 6.24.